The van der Waals surface area contributed by atoms with Crippen molar-refractivity contribution in [2.75, 3.05) is 33.2 Å². The third-order valence-electron chi connectivity index (χ3n) is 13.2. The highest BCUT2D eigenvalue weighted by Crippen LogP contribution is 2.39. The summed E-state index contributed by atoms with van der Waals surface area (Å²) in [6.45, 7) is 6.21. The fourth-order valence-corrected chi connectivity index (χ4v) is 9.54. The molecule has 0 fully saturated rings. The van der Waals surface area contributed by atoms with Crippen LogP contribution in [0.1, 0.15) is 50.2 Å². The predicted molar refractivity (Wildman–Crippen MR) is 312 cm³/mol. The molecule has 9 aromatic rings. The second kappa shape index (κ2) is 24.4. The van der Waals surface area contributed by atoms with Crippen molar-refractivity contribution in [2.24, 2.45) is 21.1 Å². The average Bonchev–Trinajstić information content (AvgIpc) is 4.24. The van der Waals surface area contributed by atoms with Gasteiger partial charge in [-0.3, -0.25) is 14.4 Å². The summed E-state index contributed by atoms with van der Waals surface area (Å²) in [6.07, 6.45) is 9.96. The molecule has 18 nitrogen and oxygen atoms in total. The fourth-order valence-electron chi connectivity index (χ4n) is 9.54. The van der Waals surface area contributed by atoms with E-state index < -0.39 is 34.7 Å². The number of nitrogen functional groups attached to an aromatic ring is 3. The minimum Gasteiger partial charge on any atom is -0.399 e. The normalized spacial score (nSPS) is 13.9. The van der Waals surface area contributed by atoms with Crippen LogP contribution in [0.5, 0.6) is 0 Å². The number of anilines is 6. The SMILES string of the molecule is Cc1c(/C=C2/C(=O)Nc3ccc(N)cc32)c2ccccc2n1C.Cc1ccc2c(c1)c(/C=C1\C(=O)Nc3ccc(N)cc31)cn2C.Cc1ccc2c(c1)c(/C=C1\C(=O)Nc3ccc(N)cc31)cn2C.O=S=O.O=S=O.O=S=O. The number of nitrogens with zero attached hydrogens (tertiary/aromatic N) is 3. The van der Waals surface area contributed by atoms with Gasteiger partial charge in [0, 0.05) is 156 Å². The van der Waals surface area contributed by atoms with E-state index in [1.165, 1.54) is 11.1 Å². The van der Waals surface area contributed by atoms with Crippen LogP contribution in [0.15, 0.2) is 128 Å². The lowest BCUT2D eigenvalue weighted by Crippen LogP contribution is -2.03. The molecule has 0 aliphatic carbocycles. The maximum Gasteiger partial charge on any atom is 0.335 e. The Kier molecular flexibility index (Phi) is 17.6. The van der Waals surface area contributed by atoms with Crippen LogP contribution in [0, 0.1) is 20.8 Å². The highest BCUT2D eigenvalue weighted by Gasteiger charge is 2.27. The second-order valence-electron chi connectivity index (χ2n) is 18.2. The zero-order valence-electron chi connectivity index (χ0n) is 42.8. The number of carbonyl (C=O) groups is 3. The number of hydrogen-bond acceptors (Lipinski definition) is 12. The van der Waals surface area contributed by atoms with Crippen LogP contribution >= 0.6 is 0 Å². The largest absolute Gasteiger partial charge is 0.399 e. The molecule has 0 saturated carbocycles. The average molecular weight is 1100 g/mol. The molecular weight excluding hydrogens is 1050 g/mol. The third kappa shape index (κ3) is 11.9. The Bertz CT molecular complexity index is 3920. The zero-order chi connectivity index (χ0) is 56.5. The number of benzene rings is 6. The van der Waals surface area contributed by atoms with E-state index in [0.29, 0.717) is 33.8 Å². The van der Waals surface area contributed by atoms with Gasteiger partial charge < -0.3 is 46.9 Å². The molecular formula is C57H51N9O9S3. The Hall–Kier alpha value is -9.57. The molecule has 3 aliphatic rings. The molecule has 3 amide bonds. The van der Waals surface area contributed by atoms with Gasteiger partial charge in [-0.15, -0.1) is 0 Å². The maximum absolute atomic E-state index is 12.4. The summed E-state index contributed by atoms with van der Waals surface area (Å²) in [6, 6.07) is 37.4. The molecule has 6 heterocycles. The first kappa shape index (κ1) is 56.2. The molecule has 9 N–H and O–H groups in total. The van der Waals surface area contributed by atoms with Gasteiger partial charge in [-0.05, 0) is 124 Å². The molecule has 0 saturated heterocycles. The number of nitrogens with two attached hydrogens (primary N) is 3. The van der Waals surface area contributed by atoms with Gasteiger partial charge in [0.25, 0.3) is 17.7 Å². The van der Waals surface area contributed by atoms with E-state index in [1.807, 2.05) is 87.9 Å². The van der Waals surface area contributed by atoms with Gasteiger partial charge in [0.1, 0.15) is 0 Å². The number of nitrogens with one attached hydrogen (secondary N) is 3. The molecule has 3 aliphatic heterocycles. The van der Waals surface area contributed by atoms with Crippen molar-refractivity contribution in [3.63, 3.8) is 0 Å². The Morgan fingerprint density at radius 1 is 0.436 bits per heavy atom. The molecule has 12 rings (SSSR count). The van der Waals surface area contributed by atoms with Crippen LogP contribution in [0.25, 0.3) is 67.7 Å². The van der Waals surface area contributed by atoms with Crippen LogP contribution in [0.2, 0.25) is 0 Å². The van der Waals surface area contributed by atoms with Crippen molar-refractivity contribution >= 4 is 154 Å². The van der Waals surface area contributed by atoms with Gasteiger partial charge in [-0.1, -0.05) is 41.5 Å². The summed E-state index contributed by atoms with van der Waals surface area (Å²) in [4.78, 5) is 37.0. The molecule has 0 atom stereocenters. The summed E-state index contributed by atoms with van der Waals surface area (Å²) in [5.74, 6) is -0.261. The van der Waals surface area contributed by atoms with Crippen molar-refractivity contribution in [2.45, 2.75) is 20.8 Å². The summed E-state index contributed by atoms with van der Waals surface area (Å²) >= 11 is -2.25. The van der Waals surface area contributed by atoms with Crippen molar-refractivity contribution in [3.8, 4) is 0 Å². The molecule has 6 aromatic carbocycles. The van der Waals surface area contributed by atoms with Crippen LogP contribution in [0.4, 0.5) is 34.1 Å². The summed E-state index contributed by atoms with van der Waals surface area (Å²) in [5.41, 5.74) is 36.7. The van der Waals surface area contributed by atoms with Gasteiger partial charge in [-0.2, -0.15) is 25.3 Å². The van der Waals surface area contributed by atoms with Crippen LogP contribution < -0.4 is 33.2 Å². The number of carbonyl (C=O) groups excluding carboxylic acids is 3. The predicted octanol–water partition coefficient (Wildman–Crippen LogP) is 8.67. The molecule has 396 valence electrons. The number of rotatable bonds is 3. The molecule has 3 aromatic heterocycles. The first-order valence-corrected chi connectivity index (χ1v) is 25.6. The van der Waals surface area contributed by atoms with Gasteiger partial charge in [-0.25, -0.2) is 0 Å². The lowest BCUT2D eigenvalue weighted by atomic mass is 10.0. The lowest BCUT2D eigenvalue weighted by Gasteiger charge is -2.01. The number of para-hydroxylation sites is 1. The van der Waals surface area contributed by atoms with Crippen molar-refractivity contribution in [1.29, 1.82) is 0 Å². The quantitative estimate of drug-likeness (QED) is 0.0716. The van der Waals surface area contributed by atoms with Crippen molar-refractivity contribution in [1.82, 2.24) is 13.7 Å². The molecule has 78 heavy (non-hydrogen) atoms. The first-order chi connectivity index (χ1) is 37.4. The molecule has 21 heteroatoms. The maximum atomic E-state index is 12.4. The molecule has 0 bridgehead atoms. The van der Waals surface area contributed by atoms with Gasteiger partial charge in [0.15, 0.2) is 0 Å². The van der Waals surface area contributed by atoms with E-state index >= 15 is 0 Å². The number of fused-ring (bicyclic) bond motifs is 6. The first-order valence-electron chi connectivity index (χ1n) is 23.6. The molecule has 0 spiro atoms. The number of aromatic nitrogens is 3. The van der Waals surface area contributed by atoms with Crippen molar-refractivity contribution in [3.05, 3.63) is 178 Å². The van der Waals surface area contributed by atoms with E-state index in [-0.39, 0.29) is 17.7 Å². The Morgan fingerprint density at radius 3 is 1.18 bits per heavy atom. The van der Waals surface area contributed by atoms with E-state index in [2.05, 4.69) is 111 Å². The second-order valence-corrected chi connectivity index (χ2v) is 18.6. The Morgan fingerprint density at radius 2 is 0.795 bits per heavy atom. The molecule has 0 unspecified atom stereocenters. The van der Waals surface area contributed by atoms with Crippen LogP contribution in [0.3, 0.4) is 0 Å². The summed E-state index contributed by atoms with van der Waals surface area (Å²) in [5, 5.41) is 12.1. The van der Waals surface area contributed by atoms with E-state index in [0.717, 1.165) is 88.8 Å². The van der Waals surface area contributed by atoms with Gasteiger partial charge in [0.2, 0.25) is 0 Å². The summed E-state index contributed by atoms with van der Waals surface area (Å²) < 4.78 is 56.1. The Balaban J connectivity index is 0.000000157. The van der Waals surface area contributed by atoms with E-state index in [9.17, 15) is 14.4 Å². The smallest absolute Gasteiger partial charge is 0.335 e. The highest BCUT2D eigenvalue weighted by atomic mass is 32.1. The topological polar surface area (TPSA) is 283 Å². The standard InChI is InChI=1S/3C19H17N3O.3O2S/c2*1-11-3-6-18-14(7-11)12(10-22(18)2)8-16-15-9-13(20)4-5-17(15)21-19(16)23;1-11-14(13-5-3-4-6-18(13)22(11)2)10-16-15-9-12(20)7-8-17(15)21-19(16)23;3*1-3-2/h3*3-10H,20H2,1-2H3,(H,21,23);;;/b2*16-8-;16-10+;;;. The zero-order valence-corrected chi connectivity index (χ0v) is 45.3. The van der Waals surface area contributed by atoms with E-state index in [4.69, 9.17) is 42.5 Å². The molecule has 0 radical (unpaired) electrons. The fraction of sp³-hybridized carbons (Fsp3) is 0.105. The third-order valence-corrected chi connectivity index (χ3v) is 13.2. The number of hydrogen-bond donors (Lipinski definition) is 6. The number of amides is 3. The minimum absolute atomic E-state index is 0.0852. The van der Waals surface area contributed by atoms with Crippen LogP contribution in [-0.2, 0) is 70.2 Å². The monoisotopic (exact) mass is 1100 g/mol. The number of aryl methyl sites for hydroxylation is 5. The highest BCUT2D eigenvalue weighted by molar-refractivity contribution is 7.52. The van der Waals surface area contributed by atoms with Crippen molar-refractivity contribution < 1.29 is 39.6 Å². The summed E-state index contributed by atoms with van der Waals surface area (Å²) in [7, 11) is 6.07. The minimum atomic E-state index is -0.750. The van der Waals surface area contributed by atoms with Gasteiger partial charge in [0.05, 0.1) is 0 Å². The Labute approximate surface area is 458 Å². The van der Waals surface area contributed by atoms with Gasteiger partial charge >= 0.3 is 34.7 Å². The van der Waals surface area contributed by atoms with Crippen LogP contribution in [-0.4, -0.2) is 56.7 Å². The lowest BCUT2D eigenvalue weighted by molar-refractivity contribution is -0.111. The van der Waals surface area contributed by atoms with E-state index in [1.54, 1.807) is 18.2 Å².